The number of likely N-dealkylation sites (tertiary alicyclic amines) is 1. The molecule has 1 saturated heterocycles. The van der Waals surface area contributed by atoms with E-state index in [0.29, 0.717) is 38.4 Å². The van der Waals surface area contributed by atoms with E-state index in [9.17, 15) is 9.90 Å². The van der Waals surface area contributed by atoms with Crippen LogP contribution in [0.15, 0.2) is 43.0 Å². The first-order valence-corrected chi connectivity index (χ1v) is 12.0. The second-order valence-corrected chi connectivity index (χ2v) is 9.30. The smallest absolute Gasteiger partial charge is 0.266 e. The number of hydrogen-bond donors (Lipinski definition) is 2. The number of rotatable bonds is 5. The molecule has 0 spiro atoms. The van der Waals surface area contributed by atoms with Crippen LogP contribution >= 0.6 is 0 Å². The number of carbonyl (C=O) groups is 1. The summed E-state index contributed by atoms with van der Waals surface area (Å²) in [5.41, 5.74) is 3.09. The SMILES string of the molecule is C=C(C(=O)NC)N1CCC(c2ccc3c(c2)OCCn2cc(-c4ncnn4C(C)C)nc2-3)C(O)C1. The minimum absolute atomic E-state index is 0.0548. The van der Waals surface area contributed by atoms with E-state index >= 15 is 0 Å². The predicted molar refractivity (Wildman–Crippen MR) is 131 cm³/mol. The number of piperidine rings is 1. The lowest BCUT2D eigenvalue weighted by molar-refractivity contribution is -0.119. The van der Waals surface area contributed by atoms with Crippen molar-refractivity contribution in [2.75, 3.05) is 26.7 Å². The summed E-state index contributed by atoms with van der Waals surface area (Å²) in [6.07, 6.45) is 3.65. The molecule has 0 radical (unpaired) electrons. The van der Waals surface area contributed by atoms with Gasteiger partial charge in [0.2, 0.25) is 0 Å². The maximum atomic E-state index is 11.9. The van der Waals surface area contributed by atoms with Gasteiger partial charge < -0.3 is 24.6 Å². The van der Waals surface area contributed by atoms with Crippen LogP contribution in [0, 0.1) is 0 Å². The second-order valence-electron chi connectivity index (χ2n) is 9.30. The Morgan fingerprint density at radius 2 is 2.11 bits per heavy atom. The van der Waals surface area contributed by atoms with Gasteiger partial charge in [-0.1, -0.05) is 12.6 Å². The zero-order valence-corrected chi connectivity index (χ0v) is 20.3. The molecule has 2 aromatic heterocycles. The molecule has 2 N–H and O–H groups in total. The van der Waals surface area contributed by atoms with Gasteiger partial charge in [-0.25, -0.2) is 14.6 Å². The molecule has 1 aromatic carbocycles. The van der Waals surface area contributed by atoms with Crippen molar-refractivity contribution in [3.63, 3.8) is 0 Å². The molecule has 1 fully saturated rings. The number of benzene rings is 1. The van der Waals surface area contributed by atoms with Gasteiger partial charge in [0.1, 0.15) is 30.2 Å². The first kappa shape index (κ1) is 23.1. The van der Waals surface area contributed by atoms with Crippen LogP contribution in [0.3, 0.4) is 0 Å². The fraction of sp³-hybridized carbons (Fsp3) is 0.440. The van der Waals surface area contributed by atoms with Crippen molar-refractivity contribution in [3.8, 4) is 28.7 Å². The molecule has 10 heteroatoms. The Morgan fingerprint density at radius 1 is 1.29 bits per heavy atom. The Kier molecular flexibility index (Phi) is 6.06. The number of hydrogen-bond acceptors (Lipinski definition) is 7. The van der Waals surface area contributed by atoms with Gasteiger partial charge in [-0.3, -0.25) is 4.79 Å². The Hall–Kier alpha value is -3.66. The van der Waals surface area contributed by atoms with Crippen LogP contribution in [0.1, 0.15) is 37.8 Å². The molecule has 184 valence electrons. The van der Waals surface area contributed by atoms with E-state index in [1.54, 1.807) is 13.4 Å². The number of carbonyl (C=O) groups excluding carboxylic acids is 1. The summed E-state index contributed by atoms with van der Waals surface area (Å²) in [6, 6.07) is 6.26. The van der Waals surface area contributed by atoms with E-state index in [2.05, 4.69) is 40.4 Å². The van der Waals surface area contributed by atoms with Crippen molar-refractivity contribution in [2.45, 2.75) is 44.9 Å². The lowest BCUT2D eigenvalue weighted by Crippen LogP contribution is -2.44. The minimum atomic E-state index is -0.620. The molecule has 2 aliphatic heterocycles. The van der Waals surface area contributed by atoms with E-state index in [4.69, 9.17) is 9.72 Å². The Balaban J connectivity index is 1.41. The number of imidazole rings is 1. The van der Waals surface area contributed by atoms with Gasteiger partial charge in [-0.05, 0) is 38.0 Å². The number of nitrogens with zero attached hydrogens (tertiary/aromatic N) is 6. The Morgan fingerprint density at radius 3 is 2.86 bits per heavy atom. The number of aliphatic hydroxyl groups excluding tert-OH is 1. The molecular formula is C25H31N7O3. The molecule has 10 nitrogen and oxygen atoms in total. The average molecular weight is 478 g/mol. The van der Waals surface area contributed by atoms with Crippen LogP contribution in [0.25, 0.3) is 22.9 Å². The van der Waals surface area contributed by atoms with Gasteiger partial charge in [-0.15, -0.1) is 0 Å². The highest BCUT2D eigenvalue weighted by atomic mass is 16.5. The van der Waals surface area contributed by atoms with Crippen molar-refractivity contribution in [3.05, 3.63) is 48.6 Å². The zero-order valence-electron chi connectivity index (χ0n) is 20.3. The summed E-state index contributed by atoms with van der Waals surface area (Å²) < 4.78 is 10.1. The standard InChI is InChI=1S/C25H31N7O3/c1-15(2)32-24(27-14-28-32)20-12-31-9-10-35-22-11-17(5-6-19(22)23(31)29-20)18-7-8-30(13-21(18)33)16(3)25(34)26-4/h5-6,11-12,14-15,18,21,33H,3,7-10,13H2,1-2,4H3,(H,26,34). The van der Waals surface area contributed by atoms with Crippen molar-refractivity contribution < 1.29 is 14.6 Å². The van der Waals surface area contributed by atoms with Crippen LogP contribution in [0.5, 0.6) is 5.75 Å². The summed E-state index contributed by atoms with van der Waals surface area (Å²) in [6.45, 7) is 10.2. The number of ether oxygens (including phenoxy) is 1. The molecule has 0 aliphatic carbocycles. The number of fused-ring (bicyclic) bond motifs is 3. The van der Waals surface area contributed by atoms with E-state index in [1.165, 1.54) is 0 Å². The van der Waals surface area contributed by atoms with E-state index in [1.807, 2.05) is 34.0 Å². The number of β-amino-alcohol motifs (C(OH)–C–C–N with tert-alkyl or cyclic N) is 1. The van der Waals surface area contributed by atoms with E-state index in [0.717, 1.165) is 34.2 Å². The first-order chi connectivity index (χ1) is 16.9. The van der Waals surface area contributed by atoms with Crippen LogP contribution in [0.4, 0.5) is 0 Å². The molecule has 2 atom stereocenters. The normalized spacial score (nSPS) is 19.5. The monoisotopic (exact) mass is 477 g/mol. The lowest BCUT2D eigenvalue weighted by atomic mass is 9.86. The molecule has 35 heavy (non-hydrogen) atoms. The van der Waals surface area contributed by atoms with Crippen molar-refractivity contribution in [1.82, 2.24) is 34.5 Å². The van der Waals surface area contributed by atoms with Crippen LogP contribution in [0.2, 0.25) is 0 Å². The molecular weight excluding hydrogens is 446 g/mol. The topological polar surface area (TPSA) is 110 Å². The maximum absolute atomic E-state index is 11.9. The van der Waals surface area contributed by atoms with E-state index in [-0.39, 0.29) is 17.9 Å². The second kappa shape index (κ2) is 9.18. The van der Waals surface area contributed by atoms with Crippen molar-refractivity contribution >= 4 is 5.91 Å². The molecule has 4 heterocycles. The molecule has 2 unspecified atom stereocenters. The van der Waals surface area contributed by atoms with Crippen molar-refractivity contribution in [1.29, 1.82) is 0 Å². The predicted octanol–water partition coefficient (Wildman–Crippen LogP) is 2.19. The lowest BCUT2D eigenvalue weighted by Gasteiger charge is -2.38. The maximum Gasteiger partial charge on any atom is 0.266 e. The third-order valence-corrected chi connectivity index (χ3v) is 6.79. The average Bonchev–Trinajstić information content (AvgIpc) is 3.47. The number of aliphatic hydroxyl groups is 1. The molecule has 0 saturated carbocycles. The van der Waals surface area contributed by atoms with Gasteiger partial charge in [0.05, 0.1) is 23.9 Å². The number of likely N-dealkylation sites (N-methyl/N-ethyl adjacent to an activating group) is 1. The summed E-state index contributed by atoms with van der Waals surface area (Å²) in [7, 11) is 1.58. The molecule has 1 amide bonds. The fourth-order valence-corrected chi connectivity index (χ4v) is 4.90. The molecule has 3 aromatic rings. The van der Waals surface area contributed by atoms with Crippen LogP contribution < -0.4 is 10.1 Å². The largest absolute Gasteiger partial charge is 0.491 e. The van der Waals surface area contributed by atoms with Gasteiger partial charge in [-0.2, -0.15) is 5.10 Å². The molecule has 0 bridgehead atoms. The first-order valence-electron chi connectivity index (χ1n) is 12.0. The highest BCUT2D eigenvalue weighted by Crippen LogP contribution is 2.38. The van der Waals surface area contributed by atoms with Gasteiger partial charge in [0.15, 0.2) is 5.82 Å². The van der Waals surface area contributed by atoms with Crippen molar-refractivity contribution in [2.24, 2.45) is 0 Å². The quantitative estimate of drug-likeness (QED) is 0.542. The van der Waals surface area contributed by atoms with E-state index < -0.39 is 6.10 Å². The Labute approximate surface area is 204 Å². The summed E-state index contributed by atoms with van der Waals surface area (Å²) in [5.74, 6) is 2.05. The van der Waals surface area contributed by atoms with Gasteiger partial charge in [0.25, 0.3) is 5.91 Å². The molecule has 2 aliphatic rings. The summed E-state index contributed by atoms with van der Waals surface area (Å²) in [4.78, 5) is 23.1. The third-order valence-electron chi connectivity index (χ3n) is 6.79. The summed E-state index contributed by atoms with van der Waals surface area (Å²) >= 11 is 0. The van der Waals surface area contributed by atoms with Gasteiger partial charge in [0, 0.05) is 38.3 Å². The van der Waals surface area contributed by atoms with Crippen LogP contribution in [-0.4, -0.2) is 73.1 Å². The third kappa shape index (κ3) is 4.18. The summed E-state index contributed by atoms with van der Waals surface area (Å²) in [5, 5.41) is 17.8. The number of aromatic nitrogens is 5. The highest BCUT2D eigenvalue weighted by molar-refractivity contribution is 5.91. The highest BCUT2D eigenvalue weighted by Gasteiger charge is 2.32. The minimum Gasteiger partial charge on any atom is -0.491 e. The van der Waals surface area contributed by atoms with Gasteiger partial charge >= 0.3 is 0 Å². The Bertz CT molecular complexity index is 1260. The number of amides is 1. The fourth-order valence-electron chi connectivity index (χ4n) is 4.90. The number of nitrogens with one attached hydrogen (secondary N) is 1. The van der Waals surface area contributed by atoms with Crippen LogP contribution in [-0.2, 0) is 11.3 Å². The molecule has 5 rings (SSSR count). The zero-order chi connectivity index (χ0) is 24.7.